The Morgan fingerprint density at radius 1 is 1.37 bits per heavy atom. The lowest BCUT2D eigenvalue weighted by Crippen LogP contribution is -2.33. The highest BCUT2D eigenvalue weighted by Gasteiger charge is 2.17. The summed E-state index contributed by atoms with van der Waals surface area (Å²) in [4.78, 5) is 2.29. The van der Waals surface area contributed by atoms with E-state index in [2.05, 4.69) is 71.2 Å². The molecule has 1 aromatic rings. The van der Waals surface area contributed by atoms with Crippen LogP contribution in [-0.4, -0.2) is 19.6 Å². The normalized spacial score (nSPS) is 12.3. The molecule has 0 fully saturated rings. The van der Waals surface area contributed by atoms with Gasteiger partial charge < -0.3 is 10.2 Å². The summed E-state index contributed by atoms with van der Waals surface area (Å²) >= 11 is 3.53. The first-order valence-corrected chi connectivity index (χ1v) is 7.40. The van der Waals surface area contributed by atoms with E-state index in [4.69, 9.17) is 5.26 Å². The zero-order valence-corrected chi connectivity index (χ0v) is 13.7. The number of hydrogen-bond donors (Lipinski definition) is 1. The van der Waals surface area contributed by atoms with E-state index < -0.39 is 0 Å². The van der Waals surface area contributed by atoms with Gasteiger partial charge in [0.15, 0.2) is 0 Å². The van der Waals surface area contributed by atoms with Crippen molar-refractivity contribution < 1.29 is 0 Å². The summed E-state index contributed by atoms with van der Waals surface area (Å²) in [5.74, 6) is 0. The molecule has 0 aliphatic carbocycles. The minimum Gasteiger partial charge on any atom is -0.368 e. The fourth-order valence-electron chi connectivity index (χ4n) is 2.12. The molecular formula is C15H22BrN3. The van der Waals surface area contributed by atoms with Crippen LogP contribution in [-0.2, 0) is 0 Å². The molecule has 0 saturated carbocycles. The molecule has 0 bridgehead atoms. The molecule has 1 atom stereocenters. The van der Waals surface area contributed by atoms with Crippen LogP contribution in [0.25, 0.3) is 0 Å². The summed E-state index contributed by atoms with van der Waals surface area (Å²) in [6.07, 6.45) is 0.543. The first kappa shape index (κ1) is 16.0. The second-order valence-corrected chi connectivity index (χ2v) is 5.82. The van der Waals surface area contributed by atoms with Crippen molar-refractivity contribution in [2.45, 2.75) is 39.3 Å². The molecule has 1 rings (SSSR count). The van der Waals surface area contributed by atoms with Gasteiger partial charge in [-0.2, -0.15) is 5.26 Å². The van der Waals surface area contributed by atoms with Crippen LogP contribution in [0.1, 0.15) is 38.8 Å². The van der Waals surface area contributed by atoms with Crippen molar-refractivity contribution in [3.05, 3.63) is 28.2 Å². The number of hydrogen-bond acceptors (Lipinski definition) is 3. The molecule has 0 radical (unpaired) electrons. The first-order valence-electron chi connectivity index (χ1n) is 6.61. The molecule has 0 heterocycles. The lowest BCUT2D eigenvalue weighted by atomic mass is 10.0. The Morgan fingerprint density at radius 2 is 2.05 bits per heavy atom. The van der Waals surface area contributed by atoms with Crippen LogP contribution in [0.3, 0.4) is 0 Å². The quantitative estimate of drug-likeness (QED) is 0.864. The van der Waals surface area contributed by atoms with Gasteiger partial charge in [0.25, 0.3) is 0 Å². The fraction of sp³-hybridized carbons (Fsp3) is 0.533. The van der Waals surface area contributed by atoms with Gasteiger partial charge in [-0.15, -0.1) is 0 Å². The lowest BCUT2D eigenvalue weighted by Gasteiger charge is -2.32. The van der Waals surface area contributed by atoms with Gasteiger partial charge in [-0.1, -0.05) is 15.9 Å². The molecule has 0 aromatic heterocycles. The Labute approximate surface area is 124 Å². The smallest absolute Gasteiger partial charge is 0.0640 e. The van der Waals surface area contributed by atoms with Gasteiger partial charge >= 0.3 is 0 Å². The number of anilines is 1. The molecule has 0 saturated heterocycles. The molecule has 0 spiro atoms. The van der Waals surface area contributed by atoms with Crippen molar-refractivity contribution >= 4 is 21.6 Å². The maximum atomic E-state index is 8.82. The molecule has 0 aliphatic rings. The zero-order valence-electron chi connectivity index (χ0n) is 12.1. The highest BCUT2D eigenvalue weighted by Crippen LogP contribution is 2.30. The molecule has 0 aliphatic heterocycles. The van der Waals surface area contributed by atoms with E-state index in [0.717, 1.165) is 11.0 Å². The maximum absolute atomic E-state index is 8.82. The van der Waals surface area contributed by atoms with Gasteiger partial charge in [0.1, 0.15) is 0 Å². The standard InChI is InChI=1S/C15H22BrN3/c1-11(2)19(9-5-8-17)15-7-6-13(16)10-14(15)12(3)18-4/h6-7,10-12,18H,5,9H2,1-4H3. The van der Waals surface area contributed by atoms with Gasteiger partial charge in [-0.05, 0) is 51.6 Å². The lowest BCUT2D eigenvalue weighted by molar-refractivity contribution is 0.633. The van der Waals surface area contributed by atoms with Gasteiger partial charge in [-0.25, -0.2) is 0 Å². The molecule has 19 heavy (non-hydrogen) atoms. The second-order valence-electron chi connectivity index (χ2n) is 4.91. The monoisotopic (exact) mass is 323 g/mol. The van der Waals surface area contributed by atoms with E-state index in [0.29, 0.717) is 12.5 Å². The molecule has 3 nitrogen and oxygen atoms in total. The Kier molecular flexibility index (Phi) is 6.33. The third-order valence-electron chi connectivity index (χ3n) is 3.29. The largest absolute Gasteiger partial charge is 0.368 e. The topological polar surface area (TPSA) is 39.1 Å². The van der Waals surface area contributed by atoms with Gasteiger partial charge in [-0.3, -0.25) is 0 Å². The van der Waals surface area contributed by atoms with Crippen LogP contribution in [0.2, 0.25) is 0 Å². The first-order chi connectivity index (χ1) is 9.01. The number of benzene rings is 1. The number of halogens is 1. The van der Waals surface area contributed by atoms with Crippen LogP contribution >= 0.6 is 15.9 Å². The third-order valence-corrected chi connectivity index (χ3v) is 3.78. The number of nitrogens with one attached hydrogen (secondary N) is 1. The van der Waals surface area contributed by atoms with Crippen molar-refractivity contribution in [2.75, 3.05) is 18.5 Å². The molecule has 4 heteroatoms. The van der Waals surface area contributed by atoms with Crippen molar-refractivity contribution in [3.63, 3.8) is 0 Å². The highest BCUT2D eigenvalue weighted by molar-refractivity contribution is 9.10. The fourth-order valence-corrected chi connectivity index (χ4v) is 2.50. The summed E-state index contributed by atoms with van der Waals surface area (Å²) in [5.41, 5.74) is 2.46. The van der Waals surface area contributed by atoms with E-state index in [1.54, 1.807) is 0 Å². The van der Waals surface area contributed by atoms with Crippen LogP contribution in [0.4, 0.5) is 5.69 Å². The van der Waals surface area contributed by atoms with Crippen molar-refractivity contribution in [3.8, 4) is 6.07 Å². The summed E-state index contributed by atoms with van der Waals surface area (Å²) in [6.45, 7) is 7.23. The van der Waals surface area contributed by atoms with E-state index in [1.807, 2.05) is 7.05 Å². The van der Waals surface area contributed by atoms with Crippen molar-refractivity contribution in [1.82, 2.24) is 5.32 Å². The predicted octanol–water partition coefficient (Wildman–Crippen LogP) is 3.86. The summed E-state index contributed by atoms with van der Waals surface area (Å²) in [5, 5.41) is 12.1. The maximum Gasteiger partial charge on any atom is 0.0640 e. The van der Waals surface area contributed by atoms with E-state index in [9.17, 15) is 0 Å². The van der Waals surface area contributed by atoms with Crippen molar-refractivity contribution in [1.29, 1.82) is 5.26 Å². The Bertz CT molecular complexity index is 451. The molecule has 0 amide bonds. The molecule has 1 unspecified atom stereocenters. The highest BCUT2D eigenvalue weighted by atomic mass is 79.9. The van der Waals surface area contributed by atoms with E-state index >= 15 is 0 Å². The third kappa shape index (κ3) is 4.22. The van der Waals surface area contributed by atoms with Crippen LogP contribution in [0.15, 0.2) is 22.7 Å². The zero-order chi connectivity index (χ0) is 14.4. The molecular weight excluding hydrogens is 302 g/mol. The van der Waals surface area contributed by atoms with Gasteiger partial charge in [0.2, 0.25) is 0 Å². The van der Waals surface area contributed by atoms with Crippen LogP contribution < -0.4 is 10.2 Å². The Hall–Kier alpha value is -1.05. The summed E-state index contributed by atoms with van der Waals surface area (Å²) < 4.78 is 1.08. The van der Waals surface area contributed by atoms with Crippen molar-refractivity contribution in [2.24, 2.45) is 0 Å². The summed E-state index contributed by atoms with van der Waals surface area (Å²) in [6, 6.07) is 9.22. The molecule has 1 aromatic carbocycles. The Morgan fingerprint density at radius 3 is 2.58 bits per heavy atom. The number of rotatable bonds is 6. The van der Waals surface area contributed by atoms with Crippen LogP contribution in [0, 0.1) is 11.3 Å². The second kappa shape index (κ2) is 7.52. The number of nitrogens with zero attached hydrogens (tertiary/aromatic N) is 2. The summed E-state index contributed by atoms with van der Waals surface area (Å²) in [7, 11) is 1.96. The average molecular weight is 324 g/mol. The number of nitriles is 1. The SMILES string of the molecule is CNC(C)c1cc(Br)ccc1N(CCC#N)C(C)C. The van der Waals surface area contributed by atoms with E-state index in [-0.39, 0.29) is 6.04 Å². The van der Waals surface area contributed by atoms with Crippen LogP contribution in [0.5, 0.6) is 0 Å². The molecule has 1 N–H and O–H groups in total. The molecule has 104 valence electrons. The van der Waals surface area contributed by atoms with E-state index in [1.165, 1.54) is 11.3 Å². The minimum absolute atomic E-state index is 0.274. The van der Waals surface area contributed by atoms with Gasteiger partial charge in [0.05, 0.1) is 12.5 Å². The van der Waals surface area contributed by atoms with Gasteiger partial charge in [0, 0.05) is 28.8 Å². The Balaban J connectivity index is 3.18. The predicted molar refractivity (Wildman–Crippen MR) is 84.3 cm³/mol. The average Bonchev–Trinajstić information content (AvgIpc) is 2.39. The minimum atomic E-state index is 0.274.